The minimum atomic E-state index is -0.530. The number of carbonyl (C=O) groups is 2. The minimum absolute atomic E-state index is 0.0282. The molecule has 29 heavy (non-hydrogen) atoms. The van der Waals surface area contributed by atoms with E-state index in [0.29, 0.717) is 38.3 Å². The number of furan rings is 1. The molecule has 2 aromatic rings. The second kappa shape index (κ2) is 9.60. The average Bonchev–Trinajstić information content (AvgIpc) is 3.18. The summed E-state index contributed by atoms with van der Waals surface area (Å²) in [6, 6.07) is 9.40. The first-order valence-electron chi connectivity index (χ1n) is 9.86. The van der Waals surface area contributed by atoms with Crippen molar-refractivity contribution in [3.05, 3.63) is 53.5 Å². The molecule has 1 aliphatic heterocycles. The smallest absolute Gasteiger partial charge is 0.287 e. The number of amides is 2. The van der Waals surface area contributed by atoms with Gasteiger partial charge in [0, 0.05) is 24.7 Å². The Balaban J connectivity index is 1.44. The molecule has 1 atom stereocenters. The van der Waals surface area contributed by atoms with Gasteiger partial charge in [-0.05, 0) is 50.5 Å². The molecule has 1 saturated heterocycles. The molecule has 0 bridgehead atoms. The third-order valence-corrected chi connectivity index (χ3v) is 5.19. The van der Waals surface area contributed by atoms with Gasteiger partial charge in [0.25, 0.3) is 11.8 Å². The maximum absolute atomic E-state index is 12.7. The predicted octanol–water partition coefficient (Wildman–Crippen LogP) is 2.92. The van der Waals surface area contributed by atoms with E-state index in [1.54, 1.807) is 25.0 Å². The summed E-state index contributed by atoms with van der Waals surface area (Å²) >= 11 is 0. The zero-order valence-electron chi connectivity index (χ0n) is 17.1. The van der Waals surface area contributed by atoms with Gasteiger partial charge in [-0.1, -0.05) is 12.1 Å². The van der Waals surface area contributed by atoms with Gasteiger partial charge in [-0.15, -0.1) is 0 Å². The van der Waals surface area contributed by atoms with Crippen molar-refractivity contribution in [3.8, 4) is 5.75 Å². The van der Waals surface area contributed by atoms with Crippen LogP contribution in [0.1, 0.15) is 41.4 Å². The van der Waals surface area contributed by atoms with Gasteiger partial charge in [0.2, 0.25) is 0 Å². The van der Waals surface area contributed by atoms with E-state index in [9.17, 15) is 9.59 Å². The second-order valence-electron chi connectivity index (χ2n) is 7.31. The number of hydrogen-bond acceptors (Lipinski definition) is 5. The Bertz CT molecular complexity index is 839. The summed E-state index contributed by atoms with van der Waals surface area (Å²) in [6.45, 7) is 5.14. The van der Waals surface area contributed by atoms with Crippen LogP contribution in [-0.2, 0) is 16.1 Å². The van der Waals surface area contributed by atoms with Gasteiger partial charge in [-0.3, -0.25) is 9.59 Å². The normalized spacial score (nSPS) is 15.8. The van der Waals surface area contributed by atoms with Gasteiger partial charge < -0.3 is 24.1 Å². The molecule has 1 aromatic heterocycles. The van der Waals surface area contributed by atoms with Gasteiger partial charge in [-0.25, -0.2) is 0 Å². The van der Waals surface area contributed by atoms with Crippen molar-refractivity contribution in [2.75, 3.05) is 20.2 Å². The molecule has 2 heterocycles. The monoisotopic (exact) mass is 400 g/mol. The van der Waals surface area contributed by atoms with E-state index in [0.717, 1.165) is 16.9 Å². The van der Waals surface area contributed by atoms with Crippen LogP contribution in [0.15, 0.2) is 41.0 Å². The Hall–Kier alpha value is -2.80. The van der Waals surface area contributed by atoms with E-state index in [-0.39, 0.29) is 17.9 Å². The first-order chi connectivity index (χ1) is 14.0. The number of aryl methyl sites for hydroxylation is 1. The SMILES string of the molecule is COc1cccc(COC(C)C(=O)N2CCC(NC(=O)c3occc3C)CC2)c1. The number of piperidine rings is 1. The van der Waals surface area contributed by atoms with Gasteiger partial charge in [0.1, 0.15) is 11.9 Å². The summed E-state index contributed by atoms with van der Waals surface area (Å²) in [6.07, 6.45) is 2.40. The molecule has 3 rings (SSSR count). The largest absolute Gasteiger partial charge is 0.497 e. The molecule has 1 unspecified atom stereocenters. The summed E-state index contributed by atoms with van der Waals surface area (Å²) in [5.74, 6) is 0.883. The second-order valence-corrected chi connectivity index (χ2v) is 7.31. The Kier molecular flexibility index (Phi) is 6.93. The number of likely N-dealkylation sites (tertiary alicyclic amines) is 1. The lowest BCUT2D eigenvalue weighted by atomic mass is 10.0. The molecule has 0 aliphatic carbocycles. The van der Waals surface area contributed by atoms with E-state index < -0.39 is 6.10 Å². The summed E-state index contributed by atoms with van der Waals surface area (Å²) in [5.41, 5.74) is 1.77. The van der Waals surface area contributed by atoms with Crippen LogP contribution < -0.4 is 10.1 Å². The Morgan fingerprint density at radius 3 is 2.69 bits per heavy atom. The highest BCUT2D eigenvalue weighted by atomic mass is 16.5. The van der Waals surface area contributed by atoms with Crippen LogP contribution in [0, 0.1) is 6.92 Å². The highest BCUT2D eigenvalue weighted by molar-refractivity contribution is 5.93. The third-order valence-electron chi connectivity index (χ3n) is 5.19. The van der Waals surface area contributed by atoms with Gasteiger partial charge >= 0.3 is 0 Å². The van der Waals surface area contributed by atoms with Crippen LogP contribution in [0.4, 0.5) is 0 Å². The molecule has 0 radical (unpaired) electrons. The van der Waals surface area contributed by atoms with E-state index in [2.05, 4.69) is 5.32 Å². The molecule has 2 amide bonds. The number of carbonyl (C=O) groups excluding carboxylic acids is 2. The zero-order chi connectivity index (χ0) is 20.8. The van der Waals surface area contributed by atoms with Crippen LogP contribution >= 0.6 is 0 Å². The molecule has 1 aliphatic rings. The number of hydrogen-bond donors (Lipinski definition) is 1. The fourth-order valence-electron chi connectivity index (χ4n) is 3.41. The van der Waals surface area contributed by atoms with Gasteiger partial charge in [0.05, 0.1) is 20.0 Å². The number of nitrogens with one attached hydrogen (secondary N) is 1. The lowest BCUT2D eigenvalue weighted by molar-refractivity contribution is -0.144. The molecule has 7 heteroatoms. The zero-order valence-corrected chi connectivity index (χ0v) is 17.1. The molecule has 1 fully saturated rings. The predicted molar refractivity (Wildman–Crippen MR) is 108 cm³/mol. The molecule has 156 valence electrons. The molecule has 1 aromatic carbocycles. The molecule has 0 saturated carbocycles. The van der Waals surface area contributed by atoms with Gasteiger partial charge in [0.15, 0.2) is 5.76 Å². The van der Waals surface area contributed by atoms with E-state index in [1.807, 2.05) is 31.2 Å². The van der Waals surface area contributed by atoms with Crippen LogP contribution in [0.5, 0.6) is 5.75 Å². The Morgan fingerprint density at radius 2 is 2.03 bits per heavy atom. The first kappa shape index (κ1) is 20.9. The average molecular weight is 400 g/mol. The molecule has 7 nitrogen and oxygen atoms in total. The number of ether oxygens (including phenoxy) is 2. The Labute approximate surface area is 171 Å². The van der Waals surface area contributed by atoms with Crippen LogP contribution in [-0.4, -0.2) is 49.1 Å². The van der Waals surface area contributed by atoms with Crippen molar-refractivity contribution in [2.45, 2.75) is 45.4 Å². The van der Waals surface area contributed by atoms with Crippen molar-refractivity contribution in [1.82, 2.24) is 10.2 Å². The number of nitrogens with zero attached hydrogens (tertiary/aromatic N) is 1. The number of rotatable bonds is 7. The van der Waals surface area contributed by atoms with Crippen molar-refractivity contribution < 1.29 is 23.5 Å². The molecule has 0 spiro atoms. The summed E-state index contributed by atoms with van der Waals surface area (Å²) in [5, 5.41) is 2.99. The first-order valence-corrected chi connectivity index (χ1v) is 9.86. The van der Waals surface area contributed by atoms with Crippen LogP contribution in [0.3, 0.4) is 0 Å². The van der Waals surface area contributed by atoms with E-state index in [1.165, 1.54) is 6.26 Å². The molecular weight excluding hydrogens is 372 g/mol. The molecule has 1 N–H and O–H groups in total. The quantitative estimate of drug-likeness (QED) is 0.773. The fraction of sp³-hybridized carbons (Fsp3) is 0.455. The summed E-state index contributed by atoms with van der Waals surface area (Å²) in [4.78, 5) is 26.7. The lowest BCUT2D eigenvalue weighted by Crippen LogP contribution is -2.49. The lowest BCUT2D eigenvalue weighted by Gasteiger charge is -2.33. The highest BCUT2D eigenvalue weighted by Gasteiger charge is 2.28. The van der Waals surface area contributed by atoms with Crippen molar-refractivity contribution in [3.63, 3.8) is 0 Å². The van der Waals surface area contributed by atoms with Gasteiger partial charge in [-0.2, -0.15) is 0 Å². The van der Waals surface area contributed by atoms with E-state index >= 15 is 0 Å². The molecular formula is C22H28N2O5. The summed E-state index contributed by atoms with van der Waals surface area (Å²) < 4.78 is 16.2. The van der Waals surface area contributed by atoms with Crippen molar-refractivity contribution in [2.24, 2.45) is 0 Å². The van der Waals surface area contributed by atoms with Crippen LogP contribution in [0.25, 0.3) is 0 Å². The number of methoxy groups -OCH3 is 1. The van der Waals surface area contributed by atoms with E-state index in [4.69, 9.17) is 13.9 Å². The maximum Gasteiger partial charge on any atom is 0.287 e. The topological polar surface area (TPSA) is 81.0 Å². The fourth-order valence-corrected chi connectivity index (χ4v) is 3.41. The minimum Gasteiger partial charge on any atom is -0.497 e. The Morgan fingerprint density at radius 1 is 1.28 bits per heavy atom. The number of benzene rings is 1. The summed E-state index contributed by atoms with van der Waals surface area (Å²) in [7, 11) is 1.62. The standard InChI is InChI=1S/C22H28N2O5/c1-15-9-12-28-20(15)21(25)23-18-7-10-24(11-8-18)22(26)16(2)29-14-17-5-4-6-19(13-17)27-3/h4-6,9,12-13,16,18H,7-8,10-11,14H2,1-3H3,(H,23,25). The highest BCUT2D eigenvalue weighted by Crippen LogP contribution is 2.17. The van der Waals surface area contributed by atoms with Crippen LogP contribution in [0.2, 0.25) is 0 Å². The van der Waals surface area contributed by atoms with Crippen molar-refractivity contribution >= 4 is 11.8 Å². The van der Waals surface area contributed by atoms with Crippen molar-refractivity contribution in [1.29, 1.82) is 0 Å². The third kappa shape index (κ3) is 5.38. The maximum atomic E-state index is 12.7.